The predicted molar refractivity (Wildman–Crippen MR) is 96.0 cm³/mol. The first kappa shape index (κ1) is 19.2. The standard InChI is InChI=1S/C17H21BrN2O5/c1-6-24-13(21)9-10-14-11(7-8-12(19-14)23-5)20(15(10)18)16(22)25-17(2,3)4/h7-8H,6,9H2,1-5H3. The van der Waals surface area contributed by atoms with E-state index < -0.39 is 17.7 Å². The topological polar surface area (TPSA) is 79.7 Å². The van der Waals surface area contributed by atoms with Gasteiger partial charge >= 0.3 is 12.1 Å². The highest BCUT2D eigenvalue weighted by Crippen LogP contribution is 2.32. The fourth-order valence-corrected chi connectivity index (χ4v) is 2.95. The number of hydrogen-bond donors (Lipinski definition) is 0. The lowest BCUT2D eigenvalue weighted by molar-refractivity contribution is -0.142. The monoisotopic (exact) mass is 412 g/mol. The van der Waals surface area contributed by atoms with Gasteiger partial charge in [0.2, 0.25) is 5.88 Å². The van der Waals surface area contributed by atoms with Crippen LogP contribution in [-0.4, -0.2) is 40.9 Å². The summed E-state index contributed by atoms with van der Waals surface area (Å²) >= 11 is 3.40. The van der Waals surface area contributed by atoms with Crippen molar-refractivity contribution in [2.75, 3.05) is 13.7 Å². The van der Waals surface area contributed by atoms with Gasteiger partial charge in [0.1, 0.15) is 10.2 Å². The first-order chi connectivity index (χ1) is 11.7. The molecule has 0 aliphatic rings. The minimum atomic E-state index is -0.658. The van der Waals surface area contributed by atoms with Crippen molar-refractivity contribution in [3.63, 3.8) is 0 Å². The van der Waals surface area contributed by atoms with Crippen molar-refractivity contribution in [3.8, 4) is 5.88 Å². The number of ether oxygens (including phenoxy) is 3. The van der Waals surface area contributed by atoms with Crippen LogP contribution in [0.3, 0.4) is 0 Å². The summed E-state index contributed by atoms with van der Waals surface area (Å²) in [7, 11) is 1.50. The van der Waals surface area contributed by atoms with Crippen molar-refractivity contribution in [2.45, 2.75) is 39.7 Å². The molecule has 0 bridgehead atoms. The molecule has 2 aromatic rings. The second-order valence-corrected chi connectivity index (χ2v) is 7.04. The molecule has 0 saturated heterocycles. The molecule has 0 amide bonds. The van der Waals surface area contributed by atoms with Crippen LogP contribution < -0.4 is 4.74 Å². The maximum atomic E-state index is 12.6. The molecule has 0 aliphatic carbocycles. The third-order valence-electron chi connectivity index (χ3n) is 3.23. The van der Waals surface area contributed by atoms with E-state index in [0.29, 0.717) is 27.1 Å². The van der Waals surface area contributed by atoms with E-state index in [-0.39, 0.29) is 13.0 Å². The summed E-state index contributed by atoms with van der Waals surface area (Å²) in [4.78, 5) is 28.9. The van der Waals surface area contributed by atoms with Crippen molar-refractivity contribution in [3.05, 3.63) is 22.3 Å². The lowest BCUT2D eigenvalue weighted by Crippen LogP contribution is -2.27. The van der Waals surface area contributed by atoms with E-state index in [1.54, 1.807) is 39.8 Å². The molecular weight excluding hydrogens is 392 g/mol. The summed E-state index contributed by atoms with van der Waals surface area (Å²) in [5, 5.41) is 0. The molecule has 7 nitrogen and oxygen atoms in total. The Bertz CT molecular complexity index is 807. The lowest BCUT2D eigenvalue weighted by atomic mass is 10.2. The zero-order chi connectivity index (χ0) is 18.8. The number of hydrogen-bond acceptors (Lipinski definition) is 6. The molecule has 0 saturated carbocycles. The van der Waals surface area contributed by atoms with Gasteiger partial charge in [-0.25, -0.2) is 14.3 Å². The molecule has 0 radical (unpaired) electrons. The van der Waals surface area contributed by atoms with Crippen LogP contribution in [0.15, 0.2) is 16.7 Å². The molecule has 0 atom stereocenters. The number of fused-ring (bicyclic) bond motifs is 1. The van der Waals surface area contributed by atoms with Crippen LogP contribution in [0, 0.1) is 0 Å². The van der Waals surface area contributed by atoms with Crippen LogP contribution in [-0.2, 0) is 20.7 Å². The Balaban J connectivity index is 2.60. The summed E-state index contributed by atoms with van der Waals surface area (Å²) in [6, 6.07) is 3.34. The summed E-state index contributed by atoms with van der Waals surface area (Å²) in [5.74, 6) is -0.0255. The highest BCUT2D eigenvalue weighted by Gasteiger charge is 2.26. The number of aromatic nitrogens is 2. The minimum absolute atomic E-state index is 0.0269. The van der Waals surface area contributed by atoms with Crippen LogP contribution in [0.5, 0.6) is 5.88 Å². The van der Waals surface area contributed by atoms with Crippen LogP contribution in [0.4, 0.5) is 4.79 Å². The van der Waals surface area contributed by atoms with E-state index in [1.165, 1.54) is 11.7 Å². The third kappa shape index (κ3) is 4.31. The normalized spacial score (nSPS) is 11.4. The van der Waals surface area contributed by atoms with Crippen LogP contribution >= 0.6 is 15.9 Å². The maximum Gasteiger partial charge on any atom is 0.419 e. The maximum absolute atomic E-state index is 12.6. The number of esters is 1. The van der Waals surface area contributed by atoms with Gasteiger partial charge in [0.05, 0.1) is 31.2 Å². The predicted octanol–water partition coefficient (Wildman–Crippen LogP) is 3.70. The number of rotatable bonds is 4. The van der Waals surface area contributed by atoms with E-state index in [4.69, 9.17) is 14.2 Å². The number of nitrogens with zero attached hydrogens (tertiary/aromatic N) is 2. The molecule has 0 fully saturated rings. The van der Waals surface area contributed by atoms with Crippen LogP contribution in [0.2, 0.25) is 0 Å². The third-order valence-corrected chi connectivity index (χ3v) is 4.07. The highest BCUT2D eigenvalue weighted by atomic mass is 79.9. The molecule has 136 valence electrons. The summed E-state index contributed by atoms with van der Waals surface area (Å²) in [5.41, 5.74) is 0.874. The molecule has 2 aromatic heterocycles. The van der Waals surface area contributed by atoms with Gasteiger partial charge in [-0.3, -0.25) is 4.79 Å². The van der Waals surface area contributed by atoms with Crippen LogP contribution in [0.1, 0.15) is 33.3 Å². The van der Waals surface area contributed by atoms with Gasteiger partial charge < -0.3 is 14.2 Å². The Hall–Kier alpha value is -2.09. The molecule has 2 rings (SSSR count). The first-order valence-corrected chi connectivity index (χ1v) is 8.60. The van der Waals surface area contributed by atoms with Gasteiger partial charge in [-0.05, 0) is 49.7 Å². The Morgan fingerprint density at radius 3 is 2.52 bits per heavy atom. The van der Waals surface area contributed by atoms with E-state index >= 15 is 0 Å². The molecule has 0 aromatic carbocycles. The number of carbonyl (C=O) groups excluding carboxylic acids is 2. The van der Waals surface area contributed by atoms with Crippen molar-refractivity contribution in [1.82, 2.24) is 9.55 Å². The summed E-state index contributed by atoms with van der Waals surface area (Å²) in [6.07, 6.45) is -0.590. The molecule has 0 aliphatic heterocycles. The Morgan fingerprint density at radius 2 is 1.96 bits per heavy atom. The number of carbonyl (C=O) groups is 2. The van der Waals surface area contributed by atoms with E-state index in [0.717, 1.165) is 0 Å². The highest BCUT2D eigenvalue weighted by molar-refractivity contribution is 9.10. The number of halogens is 1. The summed E-state index contributed by atoms with van der Waals surface area (Å²) < 4.78 is 17.4. The fourth-order valence-electron chi connectivity index (χ4n) is 2.29. The summed E-state index contributed by atoms with van der Waals surface area (Å²) in [6.45, 7) is 7.36. The minimum Gasteiger partial charge on any atom is -0.481 e. The first-order valence-electron chi connectivity index (χ1n) is 7.80. The van der Waals surface area contributed by atoms with Crippen molar-refractivity contribution >= 4 is 39.0 Å². The Labute approximate surface area is 154 Å². The van der Waals surface area contributed by atoms with Gasteiger partial charge in [-0.2, -0.15) is 0 Å². The second-order valence-electron chi connectivity index (χ2n) is 6.29. The van der Waals surface area contributed by atoms with Gasteiger partial charge in [0.25, 0.3) is 0 Å². The van der Waals surface area contributed by atoms with Gasteiger partial charge in [-0.15, -0.1) is 0 Å². The molecular formula is C17H21BrN2O5. The lowest BCUT2D eigenvalue weighted by Gasteiger charge is -2.20. The van der Waals surface area contributed by atoms with E-state index in [1.807, 2.05) is 0 Å². The number of methoxy groups -OCH3 is 1. The zero-order valence-corrected chi connectivity index (χ0v) is 16.5. The van der Waals surface area contributed by atoms with Gasteiger partial charge in [-0.1, -0.05) is 0 Å². The number of pyridine rings is 1. The van der Waals surface area contributed by atoms with Crippen LogP contribution in [0.25, 0.3) is 11.0 Å². The molecule has 0 unspecified atom stereocenters. The molecule has 2 heterocycles. The van der Waals surface area contributed by atoms with Gasteiger partial charge in [0, 0.05) is 11.6 Å². The average molecular weight is 413 g/mol. The average Bonchev–Trinajstić information content (AvgIpc) is 2.77. The van der Waals surface area contributed by atoms with Crippen molar-refractivity contribution in [1.29, 1.82) is 0 Å². The van der Waals surface area contributed by atoms with E-state index in [9.17, 15) is 9.59 Å². The Morgan fingerprint density at radius 1 is 1.28 bits per heavy atom. The van der Waals surface area contributed by atoms with Crippen molar-refractivity contribution in [2.24, 2.45) is 0 Å². The second kappa shape index (κ2) is 7.43. The molecule has 0 spiro atoms. The fraction of sp³-hybridized carbons (Fsp3) is 0.471. The smallest absolute Gasteiger partial charge is 0.419 e. The molecule has 8 heteroatoms. The van der Waals surface area contributed by atoms with Crippen molar-refractivity contribution < 1.29 is 23.8 Å². The van der Waals surface area contributed by atoms with Gasteiger partial charge in [0.15, 0.2) is 0 Å². The SMILES string of the molecule is CCOC(=O)Cc1c(Br)n(C(=O)OC(C)(C)C)c2ccc(OC)nc12. The molecule has 25 heavy (non-hydrogen) atoms. The largest absolute Gasteiger partial charge is 0.481 e. The molecule has 0 N–H and O–H groups in total. The Kier molecular flexibility index (Phi) is 5.72. The zero-order valence-electron chi connectivity index (χ0n) is 14.9. The van der Waals surface area contributed by atoms with E-state index in [2.05, 4.69) is 20.9 Å². The quantitative estimate of drug-likeness (QED) is 0.712.